The van der Waals surface area contributed by atoms with Crippen LogP contribution in [0.15, 0.2) is 79.1 Å². The summed E-state index contributed by atoms with van der Waals surface area (Å²) in [5, 5.41) is 0. The molecule has 1 aromatic heterocycles. The van der Waals surface area contributed by atoms with Crippen LogP contribution in [-0.4, -0.2) is 97.8 Å². The van der Waals surface area contributed by atoms with Gasteiger partial charge in [-0.05, 0) is 101 Å². The zero-order valence-corrected chi connectivity index (χ0v) is 29.3. The number of benzene rings is 2. The molecule has 2 aliphatic rings. The van der Waals surface area contributed by atoms with E-state index in [-0.39, 0.29) is 11.8 Å². The number of carbonyl (C=O) groups excluding carboxylic acids is 1. The van der Waals surface area contributed by atoms with Crippen molar-refractivity contribution >= 4 is 5.91 Å². The van der Waals surface area contributed by atoms with Gasteiger partial charge >= 0.3 is 0 Å². The van der Waals surface area contributed by atoms with Crippen LogP contribution in [0.2, 0.25) is 0 Å². The largest absolute Gasteiger partial charge is 0.496 e. The number of methoxy groups -OCH3 is 1. The third-order valence-corrected chi connectivity index (χ3v) is 10.6. The molecule has 0 radical (unpaired) electrons. The maximum absolute atomic E-state index is 13.3. The molecule has 0 saturated carbocycles. The summed E-state index contributed by atoms with van der Waals surface area (Å²) in [6, 6.07) is 22.8. The van der Waals surface area contributed by atoms with Crippen LogP contribution in [0, 0.1) is 5.92 Å². The highest BCUT2D eigenvalue weighted by Crippen LogP contribution is 2.43. The molecule has 8 heteroatoms. The summed E-state index contributed by atoms with van der Waals surface area (Å²) in [6.07, 6.45) is 11.8. The molecule has 3 aromatic rings. The number of nitrogens with zero attached hydrogens (tertiary/aromatic N) is 4. The van der Waals surface area contributed by atoms with Crippen LogP contribution in [0.3, 0.4) is 0 Å². The molecular formula is C40H57N5O3. The van der Waals surface area contributed by atoms with Gasteiger partial charge in [0.05, 0.1) is 13.7 Å². The summed E-state index contributed by atoms with van der Waals surface area (Å²) in [4.78, 5) is 25.4. The number of nitrogens with two attached hydrogens (primary N) is 1. The van der Waals surface area contributed by atoms with Crippen molar-refractivity contribution in [1.29, 1.82) is 0 Å². The fourth-order valence-corrected chi connectivity index (χ4v) is 8.09. The van der Waals surface area contributed by atoms with Crippen molar-refractivity contribution in [2.24, 2.45) is 11.7 Å². The molecule has 0 bridgehead atoms. The van der Waals surface area contributed by atoms with Gasteiger partial charge in [-0.1, -0.05) is 67.6 Å². The number of primary amides is 1. The van der Waals surface area contributed by atoms with Crippen LogP contribution in [0.1, 0.15) is 68.6 Å². The fraction of sp³-hybridized carbons (Fsp3) is 0.550. The van der Waals surface area contributed by atoms with Gasteiger partial charge in [0.2, 0.25) is 5.91 Å². The third kappa shape index (κ3) is 9.03. The molecule has 260 valence electrons. The van der Waals surface area contributed by atoms with Crippen molar-refractivity contribution in [2.75, 3.05) is 66.1 Å². The molecule has 8 nitrogen and oxygen atoms in total. The van der Waals surface area contributed by atoms with E-state index in [4.69, 9.17) is 15.2 Å². The quantitative estimate of drug-likeness (QED) is 0.165. The number of aromatic nitrogens is 1. The number of likely N-dealkylation sites (tertiary alicyclic amines) is 2. The van der Waals surface area contributed by atoms with E-state index in [0.29, 0.717) is 6.04 Å². The lowest BCUT2D eigenvalue weighted by atomic mass is 9.64. The molecule has 5 rings (SSSR count). The first-order valence-corrected chi connectivity index (χ1v) is 18.2. The molecule has 0 aliphatic carbocycles. The second-order valence-electron chi connectivity index (χ2n) is 13.6. The van der Waals surface area contributed by atoms with Gasteiger partial charge < -0.3 is 25.0 Å². The summed E-state index contributed by atoms with van der Waals surface area (Å²) in [5.74, 6) is 0.776. The van der Waals surface area contributed by atoms with Gasteiger partial charge in [-0.3, -0.25) is 14.7 Å². The molecule has 1 amide bonds. The van der Waals surface area contributed by atoms with E-state index < -0.39 is 5.41 Å². The van der Waals surface area contributed by atoms with Crippen molar-refractivity contribution in [3.05, 3.63) is 95.8 Å². The Morgan fingerprint density at radius 1 is 0.896 bits per heavy atom. The monoisotopic (exact) mass is 655 g/mol. The highest BCUT2D eigenvalue weighted by atomic mass is 16.5. The summed E-state index contributed by atoms with van der Waals surface area (Å²) in [5.41, 5.74) is 8.57. The Hall–Kier alpha value is -3.30. The predicted octanol–water partition coefficient (Wildman–Crippen LogP) is 5.75. The van der Waals surface area contributed by atoms with Gasteiger partial charge in [-0.15, -0.1) is 0 Å². The van der Waals surface area contributed by atoms with Gasteiger partial charge in [0.15, 0.2) is 0 Å². The second kappa shape index (κ2) is 18.5. The first-order chi connectivity index (χ1) is 23.6. The molecule has 0 unspecified atom stereocenters. The zero-order chi connectivity index (χ0) is 33.6. The van der Waals surface area contributed by atoms with Crippen molar-refractivity contribution < 1.29 is 14.3 Å². The minimum atomic E-state index is -0.838. The van der Waals surface area contributed by atoms with Gasteiger partial charge in [-0.2, -0.15) is 0 Å². The Bertz CT molecular complexity index is 1330. The molecule has 1 atom stereocenters. The van der Waals surface area contributed by atoms with Crippen LogP contribution in [-0.2, 0) is 21.5 Å². The topological polar surface area (TPSA) is 84.2 Å². The molecule has 0 spiro atoms. The number of ether oxygens (including phenoxy) is 2. The molecule has 3 heterocycles. The number of unbranched alkanes of at least 4 members (excludes halogenated alkanes) is 2. The smallest absolute Gasteiger partial charge is 0.232 e. The number of rotatable bonds is 19. The first kappa shape index (κ1) is 36.0. The highest BCUT2D eigenvalue weighted by molar-refractivity contribution is 5.91. The maximum Gasteiger partial charge on any atom is 0.232 e. The fourth-order valence-electron chi connectivity index (χ4n) is 8.09. The van der Waals surface area contributed by atoms with E-state index in [1.807, 2.05) is 48.7 Å². The summed E-state index contributed by atoms with van der Waals surface area (Å²) in [6.45, 7) is 12.0. The average Bonchev–Trinajstić information content (AvgIpc) is 3.59. The van der Waals surface area contributed by atoms with E-state index in [1.54, 1.807) is 13.3 Å². The Morgan fingerprint density at radius 2 is 1.58 bits per heavy atom. The number of hydrogen-bond donors (Lipinski definition) is 1. The third-order valence-electron chi connectivity index (χ3n) is 10.6. The number of carbonyl (C=O) groups is 1. The van der Waals surface area contributed by atoms with Crippen LogP contribution >= 0.6 is 0 Å². The minimum absolute atomic E-state index is 0.114. The summed E-state index contributed by atoms with van der Waals surface area (Å²) in [7, 11) is 1.74. The van der Waals surface area contributed by atoms with Crippen molar-refractivity contribution in [3.63, 3.8) is 0 Å². The molecule has 2 aliphatic heterocycles. The number of piperidine rings is 1. The van der Waals surface area contributed by atoms with Crippen molar-refractivity contribution in [2.45, 2.75) is 69.9 Å². The standard InChI is InChI=1S/C40H57N5O3/c1-3-22-45(37-19-25-43(26-20-37)31-33-30-42-21-17-38(33)47-2)23-11-6-12-28-48-29-27-44-24-18-36(32-44)40(39(41)46,34-13-7-4-8-14-34)35-15-9-5-10-16-35/h4-5,7-10,13-17,21,30,36-37H,3,6,11-12,18-20,22-29,31-32H2,1-2H3,(H2,41,46)/t36-/m1/s1. The van der Waals surface area contributed by atoms with Crippen LogP contribution in [0.25, 0.3) is 0 Å². The lowest BCUT2D eigenvalue weighted by Gasteiger charge is -2.38. The van der Waals surface area contributed by atoms with Crippen molar-refractivity contribution in [3.8, 4) is 5.75 Å². The summed E-state index contributed by atoms with van der Waals surface area (Å²) < 4.78 is 11.7. The van der Waals surface area contributed by atoms with E-state index in [1.165, 1.54) is 50.8 Å². The zero-order valence-electron chi connectivity index (χ0n) is 29.3. The van der Waals surface area contributed by atoms with Crippen molar-refractivity contribution in [1.82, 2.24) is 19.7 Å². The van der Waals surface area contributed by atoms with Gasteiger partial charge in [0.1, 0.15) is 11.2 Å². The molecule has 48 heavy (non-hydrogen) atoms. The molecular weight excluding hydrogens is 598 g/mol. The maximum atomic E-state index is 13.3. The van der Waals surface area contributed by atoms with Gasteiger partial charge in [0, 0.05) is 50.2 Å². The lowest BCUT2D eigenvalue weighted by molar-refractivity contribution is -0.123. The lowest BCUT2D eigenvalue weighted by Crippen LogP contribution is -2.49. The van der Waals surface area contributed by atoms with Crippen LogP contribution in [0.5, 0.6) is 5.75 Å². The van der Waals surface area contributed by atoms with E-state index in [2.05, 4.69) is 50.9 Å². The molecule has 2 saturated heterocycles. The number of hydrogen-bond acceptors (Lipinski definition) is 7. The molecule has 2 aromatic carbocycles. The minimum Gasteiger partial charge on any atom is -0.496 e. The normalized spacial score (nSPS) is 18.0. The molecule has 2 N–H and O–H groups in total. The van der Waals surface area contributed by atoms with Crippen LogP contribution < -0.4 is 10.5 Å². The first-order valence-electron chi connectivity index (χ1n) is 18.2. The predicted molar refractivity (Wildman–Crippen MR) is 193 cm³/mol. The Morgan fingerprint density at radius 3 is 2.23 bits per heavy atom. The van der Waals surface area contributed by atoms with Crippen LogP contribution in [0.4, 0.5) is 0 Å². The van der Waals surface area contributed by atoms with E-state index >= 15 is 0 Å². The highest BCUT2D eigenvalue weighted by Gasteiger charge is 2.49. The average molecular weight is 656 g/mol. The number of pyridine rings is 1. The van der Waals surface area contributed by atoms with E-state index in [0.717, 1.165) is 82.2 Å². The molecule has 2 fully saturated rings. The Labute approximate surface area is 288 Å². The number of amides is 1. The van der Waals surface area contributed by atoms with E-state index in [9.17, 15) is 4.79 Å². The SMILES string of the molecule is CCCN(CCCCCOCCN1CC[C@@H](C(C(N)=O)(c2ccccc2)c2ccccc2)C1)C1CCN(Cc2cnccc2OC)CC1. The van der Waals surface area contributed by atoms with Gasteiger partial charge in [-0.25, -0.2) is 0 Å². The Kier molecular flexibility index (Phi) is 13.8. The van der Waals surface area contributed by atoms with Gasteiger partial charge in [0.25, 0.3) is 0 Å². The second-order valence-corrected chi connectivity index (χ2v) is 13.6. The summed E-state index contributed by atoms with van der Waals surface area (Å²) >= 11 is 0. The Balaban J connectivity index is 1.00.